The fraction of sp³-hybridized carbons (Fsp3) is 0.364. The van der Waals surface area contributed by atoms with Gasteiger partial charge >= 0.3 is 0 Å². The average molecular weight is 350 g/mol. The smallest absolute Gasteiger partial charge is 0.255 e. The van der Waals surface area contributed by atoms with Gasteiger partial charge in [-0.15, -0.1) is 0 Å². The molecule has 1 heterocycles. The lowest BCUT2D eigenvalue weighted by molar-refractivity contribution is 0.0607. The number of benzene rings is 2. The first-order chi connectivity index (χ1) is 12.6. The van der Waals surface area contributed by atoms with E-state index in [1.807, 2.05) is 36.1 Å². The summed E-state index contributed by atoms with van der Waals surface area (Å²) in [6, 6.07) is 15.0. The summed E-state index contributed by atoms with van der Waals surface area (Å²) in [5.74, 6) is -0.0961. The van der Waals surface area contributed by atoms with Gasteiger partial charge in [0, 0.05) is 29.4 Å². The van der Waals surface area contributed by atoms with Crippen LogP contribution in [-0.4, -0.2) is 29.3 Å². The summed E-state index contributed by atoms with van der Waals surface area (Å²) >= 11 is 0. The van der Waals surface area contributed by atoms with Gasteiger partial charge in [0.15, 0.2) is 0 Å². The second-order valence-electron chi connectivity index (χ2n) is 6.96. The van der Waals surface area contributed by atoms with Gasteiger partial charge in [-0.1, -0.05) is 19.1 Å². The molecule has 2 amide bonds. The van der Waals surface area contributed by atoms with E-state index in [1.165, 1.54) is 6.42 Å². The molecule has 26 heavy (non-hydrogen) atoms. The maximum absolute atomic E-state index is 12.8. The normalized spacial score (nSPS) is 17.0. The van der Waals surface area contributed by atoms with Crippen molar-refractivity contribution in [2.75, 3.05) is 11.9 Å². The number of hydrogen-bond acceptors (Lipinski definition) is 2. The summed E-state index contributed by atoms with van der Waals surface area (Å²) in [4.78, 5) is 27.2. The van der Waals surface area contributed by atoms with Crippen molar-refractivity contribution in [3.8, 4) is 0 Å². The van der Waals surface area contributed by atoms with Gasteiger partial charge in [-0.25, -0.2) is 0 Å². The van der Waals surface area contributed by atoms with Crippen molar-refractivity contribution < 1.29 is 9.59 Å². The predicted molar refractivity (Wildman–Crippen MR) is 105 cm³/mol. The Morgan fingerprint density at radius 1 is 1.08 bits per heavy atom. The Balaban J connectivity index is 1.69. The predicted octanol–water partition coefficient (Wildman–Crippen LogP) is 4.65. The first-order valence-electron chi connectivity index (χ1n) is 9.37. The Kier molecular flexibility index (Phi) is 5.71. The zero-order chi connectivity index (χ0) is 18.5. The standard InChI is InChI=1S/C22H26N2O2/c1-3-20-9-4-5-14-24(20)22(26)18-12-10-17(11-13-18)21(25)23-19-8-6-7-16(2)15-19/h6-8,10-13,15,20H,3-5,9,14H2,1-2H3,(H,23,25). The molecule has 1 fully saturated rings. The molecule has 0 aliphatic carbocycles. The van der Waals surface area contributed by atoms with E-state index in [0.717, 1.165) is 37.1 Å². The molecule has 136 valence electrons. The van der Waals surface area contributed by atoms with Crippen LogP contribution in [0.4, 0.5) is 5.69 Å². The zero-order valence-corrected chi connectivity index (χ0v) is 15.5. The van der Waals surface area contributed by atoms with E-state index >= 15 is 0 Å². The van der Waals surface area contributed by atoms with Gasteiger partial charge in [-0.05, 0) is 74.6 Å². The summed E-state index contributed by atoms with van der Waals surface area (Å²) in [6.45, 7) is 4.95. The number of nitrogens with one attached hydrogen (secondary N) is 1. The Bertz CT molecular complexity index is 783. The lowest BCUT2D eigenvalue weighted by Gasteiger charge is -2.35. The molecule has 0 radical (unpaired) electrons. The molecule has 3 rings (SSSR count). The number of amides is 2. The Morgan fingerprint density at radius 2 is 1.81 bits per heavy atom. The third kappa shape index (κ3) is 4.13. The summed E-state index contributed by atoms with van der Waals surface area (Å²) in [5.41, 5.74) is 3.07. The topological polar surface area (TPSA) is 49.4 Å². The number of carbonyl (C=O) groups excluding carboxylic acids is 2. The van der Waals surface area contributed by atoms with Crippen LogP contribution in [-0.2, 0) is 0 Å². The number of likely N-dealkylation sites (tertiary alicyclic amines) is 1. The maximum Gasteiger partial charge on any atom is 0.255 e. The van der Waals surface area contributed by atoms with E-state index in [-0.39, 0.29) is 11.8 Å². The minimum atomic E-state index is -0.168. The van der Waals surface area contributed by atoms with Crippen LogP contribution in [0.3, 0.4) is 0 Å². The number of hydrogen-bond donors (Lipinski definition) is 1. The van der Waals surface area contributed by atoms with Crippen molar-refractivity contribution in [3.63, 3.8) is 0 Å². The van der Waals surface area contributed by atoms with Crippen LogP contribution < -0.4 is 5.32 Å². The Hall–Kier alpha value is -2.62. The largest absolute Gasteiger partial charge is 0.336 e. The number of carbonyl (C=O) groups is 2. The lowest BCUT2D eigenvalue weighted by Crippen LogP contribution is -2.43. The van der Waals surface area contributed by atoms with E-state index in [2.05, 4.69) is 12.2 Å². The van der Waals surface area contributed by atoms with Crippen LogP contribution in [0.15, 0.2) is 48.5 Å². The number of aryl methyl sites for hydroxylation is 1. The first kappa shape index (κ1) is 18.2. The minimum absolute atomic E-state index is 0.0715. The van der Waals surface area contributed by atoms with Crippen LogP contribution in [0.1, 0.15) is 58.9 Å². The fourth-order valence-corrected chi connectivity index (χ4v) is 3.55. The van der Waals surface area contributed by atoms with Crippen molar-refractivity contribution in [2.24, 2.45) is 0 Å². The van der Waals surface area contributed by atoms with Crippen molar-refractivity contribution >= 4 is 17.5 Å². The van der Waals surface area contributed by atoms with Crippen LogP contribution in [0.25, 0.3) is 0 Å². The van der Waals surface area contributed by atoms with E-state index in [1.54, 1.807) is 24.3 Å². The molecule has 0 aromatic heterocycles. The molecule has 0 spiro atoms. The van der Waals surface area contributed by atoms with Crippen molar-refractivity contribution in [1.82, 2.24) is 4.90 Å². The molecule has 1 saturated heterocycles. The molecule has 1 aliphatic heterocycles. The van der Waals surface area contributed by atoms with Crippen molar-refractivity contribution in [1.29, 1.82) is 0 Å². The minimum Gasteiger partial charge on any atom is -0.336 e. The van der Waals surface area contributed by atoms with Gasteiger partial charge in [-0.2, -0.15) is 0 Å². The van der Waals surface area contributed by atoms with Gasteiger partial charge in [0.25, 0.3) is 11.8 Å². The highest BCUT2D eigenvalue weighted by molar-refractivity contribution is 6.05. The molecule has 1 unspecified atom stereocenters. The lowest BCUT2D eigenvalue weighted by atomic mass is 9.98. The third-order valence-electron chi connectivity index (χ3n) is 5.03. The van der Waals surface area contributed by atoms with Gasteiger partial charge < -0.3 is 10.2 Å². The van der Waals surface area contributed by atoms with Gasteiger partial charge in [0.2, 0.25) is 0 Å². The van der Waals surface area contributed by atoms with Crippen molar-refractivity contribution in [2.45, 2.75) is 45.6 Å². The molecular weight excluding hydrogens is 324 g/mol. The first-order valence-corrected chi connectivity index (χ1v) is 9.37. The molecule has 4 nitrogen and oxygen atoms in total. The summed E-state index contributed by atoms with van der Waals surface area (Å²) < 4.78 is 0. The molecule has 0 saturated carbocycles. The van der Waals surface area contributed by atoms with Gasteiger partial charge in [0.05, 0.1) is 0 Å². The van der Waals surface area contributed by atoms with E-state index in [9.17, 15) is 9.59 Å². The highest BCUT2D eigenvalue weighted by atomic mass is 16.2. The molecule has 1 atom stereocenters. The van der Waals surface area contributed by atoms with Gasteiger partial charge in [0.1, 0.15) is 0 Å². The Labute approximate surface area is 155 Å². The summed E-state index contributed by atoms with van der Waals surface area (Å²) in [7, 11) is 0. The SMILES string of the molecule is CCC1CCCCN1C(=O)c1ccc(C(=O)Nc2cccc(C)c2)cc1. The monoisotopic (exact) mass is 350 g/mol. The quantitative estimate of drug-likeness (QED) is 0.872. The number of rotatable bonds is 4. The second kappa shape index (κ2) is 8.17. The molecule has 4 heteroatoms. The van der Waals surface area contributed by atoms with E-state index in [0.29, 0.717) is 17.2 Å². The zero-order valence-electron chi connectivity index (χ0n) is 15.5. The van der Waals surface area contributed by atoms with Crippen molar-refractivity contribution in [3.05, 3.63) is 65.2 Å². The van der Waals surface area contributed by atoms with Crippen LogP contribution in [0.2, 0.25) is 0 Å². The Morgan fingerprint density at radius 3 is 2.50 bits per heavy atom. The molecule has 1 aliphatic rings. The van der Waals surface area contributed by atoms with Crippen LogP contribution >= 0.6 is 0 Å². The molecular formula is C22H26N2O2. The van der Waals surface area contributed by atoms with E-state index in [4.69, 9.17) is 0 Å². The van der Waals surface area contributed by atoms with Crippen LogP contribution in [0, 0.1) is 6.92 Å². The maximum atomic E-state index is 12.8. The highest BCUT2D eigenvalue weighted by Crippen LogP contribution is 2.22. The fourth-order valence-electron chi connectivity index (χ4n) is 3.55. The highest BCUT2D eigenvalue weighted by Gasteiger charge is 2.26. The number of nitrogens with zero attached hydrogens (tertiary/aromatic N) is 1. The average Bonchev–Trinajstić information content (AvgIpc) is 2.67. The van der Waals surface area contributed by atoms with Gasteiger partial charge in [-0.3, -0.25) is 9.59 Å². The molecule has 0 bridgehead atoms. The second-order valence-corrected chi connectivity index (χ2v) is 6.96. The summed E-state index contributed by atoms with van der Waals surface area (Å²) in [6.07, 6.45) is 4.33. The van der Waals surface area contributed by atoms with Crippen LogP contribution in [0.5, 0.6) is 0 Å². The number of anilines is 1. The molecule has 2 aromatic rings. The van der Waals surface area contributed by atoms with E-state index < -0.39 is 0 Å². The molecule has 1 N–H and O–H groups in total. The third-order valence-corrected chi connectivity index (χ3v) is 5.03. The summed E-state index contributed by atoms with van der Waals surface area (Å²) in [5, 5.41) is 2.89. The molecule has 2 aromatic carbocycles. The number of piperidine rings is 1.